The van der Waals surface area contributed by atoms with E-state index in [1.54, 1.807) is 18.2 Å². The summed E-state index contributed by atoms with van der Waals surface area (Å²) in [4.78, 5) is 41.0. The number of likely N-dealkylation sites (tertiary alicyclic amines) is 1. The number of halogens is 3. The molecule has 2 aromatic rings. The summed E-state index contributed by atoms with van der Waals surface area (Å²) < 4.78 is 13.0. The van der Waals surface area contributed by atoms with Gasteiger partial charge in [-0.1, -0.05) is 23.2 Å². The number of benzene rings is 2. The second-order valence-electron chi connectivity index (χ2n) is 7.71. The van der Waals surface area contributed by atoms with E-state index < -0.39 is 11.9 Å². The molecule has 162 valence electrons. The highest BCUT2D eigenvalue weighted by atomic mass is 35.5. The number of carbonyl (C=O) groups excluding carboxylic acids is 3. The molecule has 2 aromatic carbocycles. The molecular weight excluding hydrogens is 444 g/mol. The molecular formula is C22H20Cl2FN3O3. The fraction of sp³-hybridized carbons (Fsp3) is 0.318. The van der Waals surface area contributed by atoms with Gasteiger partial charge in [-0.25, -0.2) is 9.29 Å². The van der Waals surface area contributed by atoms with Crippen molar-refractivity contribution in [3.05, 3.63) is 63.9 Å². The standard InChI is InChI=1S/C22H20Cl2FN3O3/c23-14-9-15(24)11-18(10-14)28-20(29)12-19(22(28)31)27-7-5-17(6-8-27)26-21(30)13-1-3-16(25)4-2-13/h1-4,9-11,17,19H,5-8,12H2,(H,26,30)/t19-/m1/s1. The normalized spacial score (nSPS) is 20.4. The van der Waals surface area contributed by atoms with E-state index in [9.17, 15) is 18.8 Å². The van der Waals surface area contributed by atoms with Gasteiger partial charge in [0, 0.05) is 34.7 Å². The van der Waals surface area contributed by atoms with Crippen LogP contribution in [-0.4, -0.2) is 47.8 Å². The Morgan fingerprint density at radius 1 is 1.00 bits per heavy atom. The van der Waals surface area contributed by atoms with Gasteiger partial charge >= 0.3 is 0 Å². The van der Waals surface area contributed by atoms with Crippen molar-refractivity contribution in [1.29, 1.82) is 0 Å². The molecule has 31 heavy (non-hydrogen) atoms. The van der Waals surface area contributed by atoms with E-state index in [2.05, 4.69) is 5.32 Å². The van der Waals surface area contributed by atoms with Gasteiger partial charge in [-0.05, 0) is 55.3 Å². The number of nitrogens with one attached hydrogen (secondary N) is 1. The maximum absolute atomic E-state index is 13.0. The minimum absolute atomic E-state index is 0.0520. The molecule has 0 saturated carbocycles. The molecule has 0 radical (unpaired) electrons. The van der Waals surface area contributed by atoms with Crippen LogP contribution in [0.1, 0.15) is 29.6 Å². The Hall–Kier alpha value is -2.48. The van der Waals surface area contributed by atoms with Crippen molar-refractivity contribution in [3.8, 4) is 0 Å². The lowest BCUT2D eigenvalue weighted by molar-refractivity contribution is -0.123. The first-order valence-corrected chi connectivity index (χ1v) is 10.7. The summed E-state index contributed by atoms with van der Waals surface area (Å²) in [7, 11) is 0. The van der Waals surface area contributed by atoms with E-state index in [-0.39, 0.29) is 30.2 Å². The van der Waals surface area contributed by atoms with E-state index in [1.165, 1.54) is 24.3 Å². The lowest BCUT2D eigenvalue weighted by Gasteiger charge is -2.35. The second kappa shape index (κ2) is 8.94. The summed E-state index contributed by atoms with van der Waals surface area (Å²) in [6.07, 6.45) is 1.39. The molecule has 9 heteroatoms. The van der Waals surface area contributed by atoms with Crippen LogP contribution >= 0.6 is 23.2 Å². The molecule has 0 aromatic heterocycles. The maximum atomic E-state index is 13.0. The summed E-state index contributed by atoms with van der Waals surface area (Å²) in [5.74, 6) is -1.23. The van der Waals surface area contributed by atoms with Crippen LogP contribution in [0.15, 0.2) is 42.5 Å². The summed E-state index contributed by atoms with van der Waals surface area (Å²) >= 11 is 12.0. The summed E-state index contributed by atoms with van der Waals surface area (Å²) in [6.45, 7) is 1.14. The zero-order valence-corrected chi connectivity index (χ0v) is 18.0. The Labute approximate surface area is 188 Å². The fourth-order valence-corrected chi connectivity index (χ4v) is 4.58. The highest BCUT2D eigenvalue weighted by molar-refractivity contribution is 6.35. The lowest BCUT2D eigenvalue weighted by atomic mass is 10.0. The molecule has 2 heterocycles. The van der Waals surface area contributed by atoms with Crippen LogP contribution < -0.4 is 10.2 Å². The number of piperidine rings is 1. The van der Waals surface area contributed by atoms with Crippen LogP contribution in [-0.2, 0) is 9.59 Å². The first-order chi connectivity index (χ1) is 14.8. The van der Waals surface area contributed by atoms with Crippen molar-refractivity contribution in [2.24, 2.45) is 0 Å². The van der Waals surface area contributed by atoms with Gasteiger partial charge in [0.1, 0.15) is 5.82 Å². The van der Waals surface area contributed by atoms with Gasteiger partial charge in [-0.3, -0.25) is 19.3 Å². The molecule has 6 nitrogen and oxygen atoms in total. The maximum Gasteiger partial charge on any atom is 0.251 e. The molecule has 2 fully saturated rings. The average molecular weight is 464 g/mol. The minimum atomic E-state index is -0.543. The molecule has 1 N–H and O–H groups in total. The van der Waals surface area contributed by atoms with E-state index >= 15 is 0 Å². The van der Waals surface area contributed by atoms with Gasteiger partial charge in [0.25, 0.3) is 11.8 Å². The number of imide groups is 1. The fourth-order valence-electron chi connectivity index (χ4n) is 4.07. The number of carbonyl (C=O) groups is 3. The number of anilines is 1. The Bertz CT molecular complexity index is 1000. The quantitative estimate of drug-likeness (QED) is 0.702. The highest BCUT2D eigenvalue weighted by Crippen LogP contribution is 2.31. The summed E-state index contributed by atoms with van der Waals surface area (Å²) in [5, 5.41) is 3.66. The first-order valence-electron chi connectivity index (χ1n) is 9.95. The van der Waals surface area contributed by atoms with Gasteiger partial charge < -0.3 is 5.32 Å². The smallest absolute Gasteiger partial charge is 0.251 e. The van der Waals surface area contributed by atoms with E-state index in [0.717, 1.165) is 4.90 Å². The van der Waals surface area contributed by atoms with Crippen molar-refractivity contribution < 1.29 is 18.8 Å². The van der Waals surface area contributed by atoms with E-state index in [1.807, 2.05) is 4.90 Å². The number of hydrogen-bond donors (Lipinski definition) is 1. The number of rotatable bonds is 4. The predicted molar refractivity (Wildman–Crippen MR) is 116 cm³/mol. The number of amides is 3. The third-order valence-electron chi connectivity index (χ3n) is 5.64. The molecule has 2 aliphatic heterocycles. The zero-order chi connectivity index (χ0) is 22.1. The molecule has 0 bridgehead atoms. The molecule has 0 aliphatic carbocycles. The van der Waals surface area contributed by atoms with Gasteiger partial charge in [-0.15, -0.1) is 0 Å². The average Bonchev–Trinajstić information content (AvgIpc) is 3.02. The SMILES string of the molecule is O=C(NC1CCN([C@@H]2CC(=O)N(c3cc(Cl)cc(Cl)c3)C2=O)CC1)c1ccc(F)cc1. The number of nitrogens with zero attached hydrogens (tertiary/aromatic N) is 2. The van der Waals surface area contributed by atoms with Crippen LogP contribution in [0.25, 0.3) is 0 Å². The van der Waals surface area contributed by atoms with Crippen LogP contribution in [0.3, 0.4) is 0 Å². The highest BCUT2D eigenvalue weighted by Gasteiger charge is 2.43. The lowest BCUT2D eigenvalue weighted by Crippen LogP contribution is -2.50. The molecule has 4 rings (SSSR count). The Balaban J connectivity index is 1.36. The monoisotopic (exact) mass is 463 g/mol. The van der Waals surface area contributed by atoms with Crippen molar-refractivity contribution in [2.75, 3.05) is 18.0 Å². The first kappa shape index (κ1) is 21.7. The molecule has 3 amide bonds. The molecule has 0 unspecified atom stereocenters. The largest absolute Gasteiger partial charge is 0.349 e. The topological polar surface area (TPSA) is 69.7 Å². The van der Waals surface area contributed by atoms with Crippen molar-refractivity contribution in [1.82, 2.24) is 10.2 Å². The van der Waals surface area contributed by atoms with Crippen LogP contribution in [0.5, 0.6) is 0 Å². The predicted octanol–water partition coefficient (Wildman–Crippen LogP) is 3.66. The third-order valence-corrected chi connectivity index (χ3v) is 6.08. The minimum Gasteiger partial charge on any atom is -0.349 e. The Morgan fingerprint density at radius 2 is 1.61 bits per heavy atom. The molecule has 1 atom stereocenters. The van der Waals surface area contributed by atoms with Gasteiger partial charge in [-0.2, -0.15) is 0 Å². The van der Waals surface area contributed by atoms with Crippen molar-refractivity contribution in [2.45, 2.75) is 31.3 Å². The Morgan fingerprint density at radius 3 is 2.23 bits per heavy atom. The molecule has 0 spiro atoms. The summed E-state index contributed by atoms with van der Waals surface area (Å²) in [6, 6.07) is 9.42. The number of hydrogen-bond acceptors (Lipinski definition) is 4. The van der Waals surface area contributed by atoms with Crippen LogP contribution in [0, 0.1) is 5.82 Å². The van der Waals surface area contributed by atoms with E-state index in [0.29, 0.717) is 47.2 Å². The third kappa shape index (κ3) is 4.74. The van der Waals surface area contributed by atoms with E-state index in [4.69, 9.17) is 23.2 Å². The molecule has 2 aliphatic rings. The van der Waals surface area contributed by atoms with Gasteiger partial charge in [0.05, 0.1) is 18.2 Å². The van der Waals surface area contributed by atoms with Gasteiger partial charge in [0.2, 0.25) is 5.91 Å². The summed E-state index contributed by atoms with van der Waals surface area (Å²) in [5.41, 5.74) is 0.771. The van der Waals surface area contributed by atoms with Gasteiger partial charge in [0.15, 0.2) is 0 Å². The second-order valence-corrected chi connectivity index (χ2v) is 8.58. The zero-order valence-electron chi connectivity index (χ0n) is 16.5. The molecule has 2 saturated heterocycles. The van der Waals surface area contributed by atoms with Crippen molar-refractivity contribution in [3.63, 3.8) is 0 Å². The van der Waals surface area contributed by atoms with Crippen LogP contribution in [0.4, 0.5) is 10.1 Å². The van der Waals surface area contributed by atoms with Crippen molar-refractivity contribution >= 4 is 46.6 Å². The van der Waals surface area contributed by atoms with Crippen LogP contribution in [0.2, 0.25) is 10.0 Å². The Kier molecular flexibility index (Phi) is 6.27.